The molecule has 2 N–H and O–H groups in total. The highest BCUT2D eigenvalue weighted by molar-refractivity contribution is 5.87. The minimum Gasteiger partial charge on any atom is -0.368 e. The maximum Gasteiger partial charge on any atom is 0.160 e. The Bertz CT molecular complexity index is 1460. The van der Waals surface area contributed by atoms with Gasteiger partial charge in [0, 0.05) is 61.5 Å². The summed E-state index contributed by atoms with van der Waals surface area (Å²) in [7, 11) is 0. The van der Waals surface area contributed by atoms with Gasteiger partial charge in [0.15, 0.2) is 5.65 Å². The van der Waals surface area contributed by atoms with E-state index in [0.29, 0.717) is 0 Å². The van der Waals surface area contributed by atoms with Gasteiger partial charge in [-0.15, -0.1) is 0 Å². The number of aromatic amines is 1. The van der Waals surface area contributed by atoms with Gasteiger partial charge in [0.05, 0.1) is 17.6 Å². The zero-order valence-corrected chi connectivity index (χ0v) is 20.3. The van der Waals surface area contributed by atoms with E-state index in [-0.39, 0.29) is 0 Å². The van der Waals surface area contributed by atoms with Crippen LogP contribution >= 0.6 is 0 Å². The Hall–Kier alpha value is -3.84. The van der Waals surface area contributed by atoms with E-state index in [1.54, 1.807) is 0 Å². The van der Waals surface area contributed by atoms with Gasteiger partial charge in [-0.25, -0.2) is 9.97 Å². The molecule has 0 radical (unpaired) electrons. The van der Waals surface area contributed by atoms with Crippen molar-refractivity contribution < 1.29 is 0 Å². The van der Waals surface area contributed by atoms with E-state index in [9.17, 15) is 0 Å². The molecule has 5 aromatic rings. The van der Waals surface area contributed by atoms with Gasteiger partial charge in [-0.1, -0.05) is 26.0 Å². The lowest BCUT2D eigenvalue weighted by molar-refractivity contribution is 0.271. The van der Waals surface area contributed by atoms with Crippen molar-refractivity contribution in [2.45, 2.75) is 20.3 Å². The first kappa shape index (κ1) is 21.7. The normalized spacial score (nSPS) is 14.7. The molecule has 0 atom stereocenters. The Balaban J connectivity index is 1.33. The van der Waals surface area contributed by atoms with E-state index in [2.05, 4.69) is 85.8 Å². The lowest BCUT2D eigenvalue weighted by atomic mass is 10.0. The van der Waals surface area contributed by atoms with Crippen molar-refractivity contribution in [2.75, 3.05) is 42.9 Å². The number of fused-ring (bicyclic) bond motifs is 2. The molecule has 35 heavy (non-hydrogen) atoms. The molecule has 0 amide bonds. The number of nitrogens with one attached hydrogen (secondary N) is 2. The van der Waals surface area contributed by atoms with Crippen LogP contribution < -0.4 is 10.2 Å². The molecule has 1 aromatic carbocycles. The summed E-state index contributed by atoms with van der Waals surface area (Å²) in [5, 5.41) is 4.76. The molecule has 1 aliphatic heterocycles. The summed E-state index contributed by atoms with van der Waals surface area (Å²) in [5.41, 5.74) is 7.80. The molecule has 5 heterocycles. The van der Waals surface area contributed by atoms with Crippen LogP contribution in [0.1, 0.15) is 19.5 Å². The van der Waals surface area contributed by atoms with Crippen LogP contribution in [0, 0.1) is 0 Å². The van der Waals surface area contributed by atoms with Crippen molar-refractivity contribution in [1.82, 2.24) is 24.3 Å². The zero-order valence-electron chi connectivity index (χ0n) is 20.3. The van der Waals surface area contributed by atoms with E-state index < -0.39 is 0 Å². The third-order valence-corrected chi connectivity index (χ3v) is 7.17. The number of aryl methyl sites for hydroxylation is 1. The van der Waals surface area contributed by atoms with Crippen LogP contribution in [0.15, 0.2) is 67.3 Å². The van der Waals surface area contributed by atoms with Crippen molar-refractivity contribution in [3.63, 3.8) is 0 Å². The Morgan fingerprint density at radius 3 is 2.63 bits per heavy atom. The molecule has 1 fully saturated rings. The summed E-state index contributed by atoms with van der Waals surface area (Å²) in [6.07, 6.45) is 8.78. The Labute approximate surface area is 205 Å². The highest BCUT2D eigenvalue weighted by atomic mass is 15.3. The molecule has 178 valence electrons. The van der Waals surface area contributed by atoms with Gasteiger partial charge in [-0.05, 0) is 54.2 Å². The smallest absolute Gasteiger partial charge is 0.160 e. The summed E-state index contributed by atoms with van der Waals surface area (Å²) >= 11 is 0. The van der Waals surface area contributed by atoms with E-state index >= 15 is 0 Å². The Morgan fingerprint density at radius 2 is 1.86 bits per heavy atom. The molecule has 7 heteroatoms. The average Bonchev–Trinajstić information content (AvgIpc) is 3.59. The fraction of sp³-hybridized carbons (Fsp3) is 0.286. The minimum absolute atomic E-state index is 0.820. The number of rotatable bonds is 6. The molecular weight excluding hydrogens is 434 g/mol. The maximum atomic E-state index is 4.75. The molecule has 7 nitrogen and oxygen atoms in total. The number of likely N-dealkylation sites (N-methyl/N-ethyl adjacent to an activating group) is 1. The molecule has 4 aromatic heterocycles. The Morgan fingerprint density at radius 1 is 0.971 bits per heavy atom. The molecule has 0 spiro atoms. The van der Waals surface area contributed by atoms with Gasteiger partial charge >= 0.3 is 0 Å². The number of anilines is 3. The predicted octanol–water partition coefficient (Wildman–Crippen LogP) is 5.33. The van der Waals surface area contributed by atoms with E-state index in [1.165, 1.54) is 27.9 Å². The van der Waals surface area contributed by atoms with Gasteiger partial charge in [0.2, 0.25) is 0 Å². The number of H-pyrrole nitrogens is 1. The number of nitrogens with zero attached hydrogens (tertiary/aromatic N) is 5. The van der Waals surface area contributed by atoms with Crippen LogP contribution in [0.5, 0.6) is 0 Å². The Kier molecular flexibility index (Phi) is 5.62. The molecule has 0 aliphatic carbocycles. The van der Waals surface area contributed by atoms with Crippen LogP contribution in [0.4, 0.5) is 17.2 Å². The first-order valence-electron chi connectivity index (χ1n) is 12.5. The van der Waals surface area contributed by atoms with Crippen LogP contribution in [-0.2, 0) is 6.42 Å². The maximum absolute atomic E-state index is 4.75. The fourth-order valence-electron chi connectivity index (χ4n) is 5.17. The quantitative estimate of drug-likeness (QED) is 0.355. The predicted molar refractivity (Wildman–Crippen MR) is 144 cm³/mol. The fourth-order valence-corrected chi connectivity index (χ4v) is 5.17. The topological polar surface area (TPSA) is 64.5 Å². The van der Waals surface area contributed by atoms with Crippen molar-refractivity contribution in [2.24, 2.45) is 0 Å². The lowest BCUT2D eigenvalue weighted by Crippen LogP contribution is -2.46. The summed E-state index contributed by atoms with van der Waals surface area (Å²) in [6, 6.07) is 15.1. The van der Waals surface area contributed by atoms with Gasteiger partial charge in [0.25, 0.3) is 0 Å². The van der Waals surface area contributed by atoms with Crippen LogP contribution in [0.2, 0.25) is 0 Å². The third kappa shape index (κ3) is 4.02. The summed E-state index contributed by atoms with van der Waals surface area (Å²) in [6.45, 7) is 9.85. The van der Waals surface area contributed by atoms with Crippen molar-refractivity contribution in [3.8, 4) is 11.1 Å². The van der Waals surface area contributed by atoms with Crippen molar-refractivity contribution in [1.29, 1.82) is 0 Å². The van der Waals surface area contributed by atoms with Crippen LogP contribution in [0.3, 0.4) is 0 Å². The van der Waals surface area contributed by atoms with Crippen molar-refractivity contribution in [3.05, 3.63) is 72.9 Å². The summed E-state index contributed by atoms with van der Waals surface area (Å²) < 4.78 is 2.19. The SMILES string of the molecule is CCc1c(-c2ccc3cc[nH]c3c2)cc(Nc2ccc(N3CCN(CC)CC3)cn2)c2nccn12. The number of hydrogen-bond acceptors (Lipinski definition) is 5. The zero-order chi connectivity index (χ0) is 23.8. The van der Waals surface area contributed by atoms with Crippen LogP contribution in [0.25, 0.3) is 27.7 Å². The monoisotopic (exact) mass is 465 g/mol. The summed E-state index contributed by atoms with van der Waals surface area (Å²) in [4.78, 5) is 17.7. The van der Waals surface area contributed by atoms with E-state index in [0.717, 1.165) is 61.8 Å². The first-order chi connectivity index (χ1) is 17.2. The number of aromatic nitrogens is 4. The third-order valence-electron chi connectivity index (χ3n) is 7.17. The molecular formula is C28H31N7. The highest BCUT2D eigenvalue weighted by Gasteiger charge is 2.17. The second-order valence-electron chi connectivity index (χ2n) is 9.12. The lowest BCUT2D eigenvalue weighted by Gasteiger charge is -2.35. The van der Waals surface area contributed by atoms with Gasteiger partial charge in [0.1, 0.15) is 5.82 Å². The minimum atomic E-state index is 0.820. The highest BCUT2D eigenvalue weighted by Crippen LogP contribution is 2.33. The molecule has 0 saturated carbocycles. The molecule has 1 aliphatic rings. The first-order valence-corrected chi connectivity index (χ1v) is 12.5. The molecule has 0 unspecified atom stereocenters. The molecule has 1 saturated heterocycles. The number of imidazole rings is 1. The second-order valence-corrected chi connectivity index (χ2v) is 9.12. The van der Waals surface area contributed by atoms with Gasteiger partial charge in [-0.3, -0.25) is 0 Å². The van der Waals surface area contributed by atoms with Gasteiger partial charge in [-0.2, -0.15) is 0 Å². The average molecular weight is 466 g/mol. The number of pyridine rings is 2. The number of benzene rings is 1. The summed E-state index contributed by atoms with van der Waals surface area (Å²) in [5.74, 6) is 0.820. The van der Waals surface area contributed by atoms with Crippen LogP contribution in [-0.4, -0.2) is 57.0 Å². The second kappa shape index (κ2) is 9.07. The molecule has 0 bridgehead atoms. The van der Waals surface area contributed by atoms with Gasteiger partial charge < -0.3 is 24.5 Å². The van der Waals surface area contributed by atoms with Crippen molar-refractivity contribution >= 4 is 33.7 Å². The molecule has 6 rings (SSSR count). The number of piperazine rings is 1. The standard InChI is InChI=1S/C28H31N7/c1-3-26-23(21-6-5-20-9-10-29-24(20)17-21)18-25(28-30-11-12-35(26)28)32-27-8-7-22(19-31-27)34-15-13-33(4-2)14-16-34/h5-12,17-19,29H,3-4,13-16H2,1-2H3,(H,31,32). The largest absolute Gasteiger partial charge is 0.368 e. The van der Waals surface area contributed by atoms with E-state index in [1.807, 2.05) is 24.8 Å². The number of hydrogen-bond donors (Lipinski definition) is 2. The van der Waals surface area contributed by atoms with E-state index in [4.69, 9.17) is 4.98 Å².